The van der Waals surface area contributed by atoms with Crippen molar-refractivity contribution in [2.45, 2.75) is 13.5 Å². The lowest BCUT2D eigenvalue weighted by Crippen LogP contribution is -2.50. The zero-order chi connectivity index (χ0) is 13.0. The third-order valence-electron chi connectivity index (χ3n) is 3.28. The van der Waals surface area contributed by atoms with Crippen LogP contribution in [0, 0.1) is 13.0 Å². The van der Waals surface area contributed by atoms with Gasteiger partial charge in [0, 0.05) is 44.5 Å². The lowest BCUT2D eigenvalue weighted by atomic mass is 10.3. The van der Waals surface area contributed by atoms with Crippen LogP contribution < -0.4 is 0 Å². The molecule has 1 amide bonds. The number of aliphatic hydroxyl groups is 1. The lowest BCUT2D eigenvalue weighted by Gasteiger charge is -2.34. The van der Waals surface area contributed by atoms with Crippen LogP contribution in [0.5, 0.6) is 0 Å². The van der Waals surface area contributed by atoms with Crippen LogP contribution in [0.4, 0.5) is 0 Å². The molecule has 2 rings (SSSR count). The number of carbonyl (C=O) groups is 1. The molecular formula is C12H19N4O2. The maximum absolute atomic E-state index is 12.1. The molecule has 1 saturated heterocycles. The molecule has 1 aliphatic heterocycles. The normalized spacial score (nSPS) is 17.1. The van der Waals surface area contributed by atoms with Crippen molar-refractivity contribution < 1.29 is 9.90 Å². The van der Waals surface area contributed by atoms with E-state index in [1.54, 1.807) is 10.9 Å². The Labute approximate surface area is 107 Å². The van der Waals surface area contributed by atoms with Crippen molar-refractivity contribution in [3.05, 3.63) is 18.0 Å². The molecule has 0 unspecified atom stereocenters. The summed E-state index contributed by atoms with van der Waals surface area (Å²) in [7, 11) is 0. The van der Waals surface area contributed by atoms with Gasteiger partial charge in [0.2, 0.25) is 5.91 Å². The average molecular weight is 251 g/mol. The fraction of sp³-hybridized carbons (Fsp3) is 0.667. The number of aliphatic hydroxyl groups excluding tert-OH is 1. The van der Waals surface area contributed by atoms with Crippen LogP contribution in [-0.4, -0.2) is 69.9 Å². The first-order valence-electron chi connectivity index (χ1n) is 6.22. The average Bonchev–Trinajstić information content (AvgIpc) is 2.76. The summed E-state index contributed by atoms with van der Waals surface area (Å²) in [6.45, 7) is 6.15. The number of hydrogen-bond donors (Lipinski definition) is 1. The summed E-state index contributed by atoms with van der Waals surface area (Å²) >= 11 is 0. The van der Waals surface area contributed by atoms with Gasteiger partial charge in [0.1, 0.15) is 6.54 Å². The first kappa shape index (κ1) is 13.0. The Hall–Kier alpha value is -1.40. The zero-order valence-corrected chi connectivity index (χ0v) is 10.7. The van der Waals surface area contributed by atoms with Gasteiger partial charge in [-0.1, -0.05) is 0 Å². The van der Waals surface area contributed by atoms with Gasteiger partial charge in [-0.3, -0.25) is 14.4 Å². The molecule has 0 atom stereocenters. The molecule has 18 heavy (non-hydrogen) atoms. The topological polar surface area (TPSA) is 61.6 Å². The Balaban J connectivity index is 1.83. The number of amides is 1. The van der Waals surface area contributed by atoms with Crippen LogP contribution in [0.25, 0.3) is 0 Å². The lowest BCUT2D eigenvalue weighted by molar-refractivity contribution is -0.133. The van der Waals surface area contributed by atoms with Gasteiger partial charge in [0.05, 0.1) is 12.8 Å². The second-order valence-corrected chi connectivity index (χ2v) is 4.48. The van der Waals surface area contributed by atoms with Crippen molar-refractivity contribution in [2.75, 3.05) is 39.3 Å². The summed E-state index contributed by atoms with van der Waals surface area (Å²) in [5.74, 6) is 0.0962. The highest BCUT2D eigenvalue weighted by atomic mass is 16.3. The molecule has 0 aromatic carbocycles. The van der Waals surface area contributed by atoms with Crippen LogP contribution in [0.15, 0.2) is 6.20 Å². The molecule has 1 aromatic rings. The molecule has 6 nitrogen and oxygen atoms in total. The van der Waals surface area contributed by atoms with E-state index < -0.39 is 0 Å². The number of piperazine rings is 1. The Bertz CT molecular complexity index is 397. The highest BCUT2D eigenvalue weighted by molar-refractivity contribution is 5.76. The Morgan fingerprint density at radius 3 is 2.72 bits per heavy atom. The predicted molar refractivity (Wildman–Crippen MR) is 65.9 cm³/mol. The summed E-state index contributed by atoms with van der Waals surface area (Å²) in [5.41, 5.74) is 0.877. The molecule has 1 N–H and O–H groups in total. The number of β-amino-alcohol motifs (C(OH)–C–C–N with tert-alkyl or cyclic N) is 1. The molecule has 0 saturated carbocycles. The van der Waals surface area contributed by atoms with Crippen molar-refractivity contribution in [1.82, 2.24) is 19.6 Å². The zero-order valence-electron chi connectivity index (χ0n) is 10.7. The van der Waals surface area contributed by atoms with Gasteiger partial charge in [0.15, 0.2) is 0 Å². The number of rotatable bonds is 4. The fourth-order valence-electron chi connectivity index (χ4n) is 2.10. The molecular weight excluding hydrogens is 232 g/mol. The summed E-state index contributed by atoms with van der Waals surface area (Å²) in [4.78, 5) is 16.1. The van der Waals surface area contributed by atoms with Crippen molar-refractivity contribution in [3.63, 3.8) is 0 Å². The minimum absolute atomic E-state index is 0.0962. The Morgan fingerprint density at radius 1 is 1.44 bits per heavy atom. The predicted octanol–water partition coefficient (Wildman–Crippen LogP) is -0.872. The minimum atomic E-state index is 0.0962. The van der Waals surface area contributed by atoms with Crippen LogP contribution in [0.3, 0.4) is 0 Å². The first-order chi connectivity index (χ1) is 8.70. The number of carbonyl (C=O) groups excluding carboxylic acids is 1. The van der Waals surface area contributed by atoms with E-state index in [1.165, 1.54) is 0 Å². The van der Waals surface area contributed by atoms with Gasteiger partial charge < -0.3 is 10.0 Å². The smallest absolute Gasteiger partial charge is 0.244 e. The molecule has 1 radical (unpaired) electrons. The number of aromatic nitrogens is 2. The summed E-state index contributed by atoms with van der Waals surface area (Å²) in [6, 6.07) is 2.95. The van der Waals surface area contributed by atoms with Gasteiger partial charge in [0.25, 0.3) is 0 Å². The monoisotopic (exact) mass is 251 g/mol. The fourth-order valence-corrected chi connectivity index (χ4v) is 2.10. The van der Waals surface area contributed by atoms with E-state index in [9.17, 15) is 4.79 Å². The molecule has 1 aliphatic rings. The molecule has 0 bridgehead atoms. The summed E-state index contributed by atoms with van der Waals surface area (Å²) in [6.07, 6.45) is 1.59. The quantitative estimate of drug-likeness (QED) is 0.755. The van der Waals surface area contributed by atoms with Crippen molar-refractivity contribution in [3.8, 4) is 0 Å². The van der Waals surface area contributed by atoms with Gasteiger partial charge in [-0.25, -0.2) is 0 Å². The maximum Gasteiger partial charge on any atom is 0.244 e. The van der Waals surface area contributed by atoms with Crippen LogP contribution >= 0.6 is 0 Å². The van der Waals surface area contributed by atoms with E-state index in [1.807, 2.05) is 11.8 Å². The van der Waals surface area contributed by atoms with E-state index in [0.717, 1.165) is 31.9 Å². The van der Waals surface area contributed by atoms with Gasteiger partial charge in [-0.05, 0) is 6.92 Å². The van der Waals surface area contributed by atoms with Crippen molar-refractivity contribution in [1.29, 1.82) is 0 Å². The van der Waals surface area contributed by atoms with Crippen LogP contribution in [0.2, 0.25) is 0 Å². The van der Waals surface area contributed by atoms with E-state index in [0.29, 0.717) is 6.54 Å². The molecule has 1 fully saturated rings. The second-order valence-electron chi connectivity index (χ2n) is 4.48. The summed E-state index contributed by atoms with van der Waals surface area (Å²) < 4.78 is 1.67. The standard InChI is InChI=1S/C12H19N4O2/c1-11-2-3-13-16(11)10-12(18)15-6-4-14(5-7-15)8-9-17/h3,17H,4-10H2,1H3. The van der Waals surface area contributed by atoms with Gasteiger partial charge in [-0.15, -0.1) is 0 Å². The van der Waals surface area contributed by atoms with E-state index in [4.69, 9.17) is 5.11 Å². The summed E-state index contributed by atoms with van der Waals surface area (Å²) in [5, 5.41) is 12.9. The SMILES string of the molecule is Cc1[c]cnn1CC(=O)N1CCN(CCO)CC1. The third-order valence-corrected chi connectivity index (χ3v) is 3.28. The van der Waals surface area contributed by atoms with Gasteiger partial charge >= 0.3 is 0 Å². The molecule has 0 aliphatic carbocycles. The largest absolute Gasteiger partial charge is 0.395 e. The Morgan fingerprint density at radius 2 is 2.17 bits per heavy atom. The van der Waals surface area contributed by atoms with Crippen LogP contribution in [0.1, 0.15) is 5.69 Å². The maximum atomic E-state index is 12.1. The van der Waals surface area contributed by atoms with Crippen LogP contribution in [-0.2, 0) is 11.3 Å². The molecule has 6 heteroatoms. The number of hydrogen-bond acceptors (Lipinski definition) is 4. The molecule has 0 spiro atoms. The van der Waals surface area contributed by atoms with Crippen molar-refractivity contribution in [2.24, 2.45) is 0 Å². The number of aryl methyl sites for hydroxylation is 1. The number of nitrogens with zero attached hydrogens (tertiary/aromatic N) is 4. The highest BCUT2D eigenvalue weighted by Gasteiger charge is 2.21. The van der Waals surface area contributed by atoms with Gasteiger partial charge in [-0.2, -0.15) is 5.10 Å². The van der Waals surface area contributed by atoms with E-state index >= 15 is 0 Å². The molecule has 2 heterocycles. The molecule has 1 aromatic heterocycles. The highest BCUT2D eigenvalue weighted by Crippen LogP contribution is 2.04. The van der Waals surface area contributed by atoms with Crippen molar-refractivity contribution >= 4 is 5.91 Å². The Kier molecular flexibility index (Phi) is 4.33. The van der Waals surface area contributed by atoms with E-state index in [-0.39, 0.29) is 19.1 Å². The minimum Gasteiger partial charge on any atom is -0.395 e. The first-order valence-corrected chi connectivity index (χ1v) is 6.22. The molecule has 99 valence electrons. The van der Waals surface area contributed by atoms with E-state index in [2.05, 4.69) is 16.1 Å². The second kappa shape index (κ2) is 5.97. The third kappa shape index (κ3) is 3.08.